The molecule has 0 saturated heterocycles. The number of aromatic nitrogens is 2. The Morgan fingerprint density at radius 2 is 2.58 bits per heavy atom. The van der Waals surface area contributed by atoms with Gasteiger partial charge in [0, 0.05) is 19.4 Å². The highest BCUT2D eigenvalue weighted by Crippen LogP contribution is 2.02. The molecule has 4 N–H and O–H groups in total. The fourth-order valence-corrected chi connectivity index (χ4v) is 0.723. The van der Waals surface area contributed by atoms with Gasteiger partial charge < -0.3 is 11.1 Å². The molecule has 0 atom stereocenters. The molecule has 1 rings (SSSR count). The first-order chi connectivity index (χ1) is 5.68. The molecular weight excluding hydrogens is 154 g/mol. The molecule has 5 nitrogen and oxygen atoms in total. The molecule has 12 heavy (non-hydrogen) atoms. The van der Waals surface area contributed by atoms with Crippen molar-refractivity contribution >= 4 is 11.5 Å². The third-order valence-corrected chi connectivity index (χ3v) is 1.22. The van der Waals surface area contributed by atoms with Crippen LogP contribution in [-0.2, 0) is 7.05 Å². The molecule has 5 heteroatoms. The normalized spacial score (nSPS) is 10.4. The van der Waals surface area contributed by atoms with Crippen molar-refractivity contribution in [2.45, 2.75) is 0 Å². The third kappa shape index (κ3) is 2.45. The molecule has 0 aliphatic carbocycles. The molecule has 0 aromatic carbocycles. The lowest BCUT2D eigenvalue weighted by atomic mass is 10.5. The fourth-order valence-electron chi connectivity index (χ4n) is 0.723. The van der Waals surface area contributed by atoms with Crippen LogP contribution in [0.4, 0.5) is 5.69 Å². The summed E-state index contributed by atoms with van der Waals surface area (Å²) in [4.78, 5) is 0. The topological polar surface area (TPSA) is 79.7 Å². The van der Waals surface area contributed by atoms with Crippen LogP contribution in [0.25, 0.3) is 0 Å². The first-order valence-corrected chi connectivity index (χ1v) is 3.44. The molecule has 1 aromatic rings. The van der Waals surface area contributed by atoms with E-state index in [0.29, 0.717) is 0 Å². The number of aryl methyl sites for hydroxylation is 1. The second-order valence-corrected chi connectivity index (χ2v) is 2.34. The van der Waals surface area contributed by atoms with Gasteiger partial charge in [-0.25, -0.2) is 0 Å². The Morgan fingerprint density at radius 1 is 1.83 bits per heavy atom. The van der Waals surface area contributed by atoms with Gasteiger partial charge in [-0.3, -0.25) is 10.1 Å². The zero-order chi connectivity index (χ0) is 8.97. The second-order valence-electron chi connectivity index (χ2n) is 2.34. The molecule has 0 fully saturated rings. The summed E-state index contributed by atoms with van der Waals surface area (Å²) in [6.45, 7) is 0. The first kappa shape index (κ1) is 8.32. The summed E-state index contributed by atoms with van der Waals surface area (Å²) in [5.74, 6) is 0.0198. The zero-order valence-electron chi connectivity index (χ0n) is 6.78. The highest BCUT2D eigenvalue weighted by atomic mass is 15.2. The number of nitrogens with one attached hydrogen (secondary N) is 2. The monoisotopic (exact) mass is 165 g/mol. The Kier molecular flexibility index (Phi) is 2.47. The molecule has 0 amide bonds. The van der Waals surface area contributed by atoms with Crippen molar-refractivity contribution in [2.75, 3.05) is 5.32 Å². The quantitative estimate of drug-likeness (QED) is 0.444. The summed E-state index contributed by atoms with van der Waals surface area (Å²) in [5.41, 5.74) is 5.97. The fraction of sp³-hybridized carbons (Fsp3) is 0.143. The van der Waals surface area contributed by atoms with Crippen LogP contribution in [-0.4, -0.2) is 15.6 Å². The summed E-state index contributed by atoms with van der Waals surface area (Å²) in [5, 5.41) is 13.8. The van der Waals surface area contributed by atoms with E-state index in [2.05, 4.69) is 10.4 Å². The highest BCUT2D eigenvalue weighted by Gasteiger charge is 1.89. The predicted molar refractivity (Wildman–Crippen MR) is 47.9 cm³/mol. The van der Waals surface area contributed by atoms with E-state index in [1.54, 1.807) is 17.1 Å². The Labute approximate surface area is 70.4 Å². The Bertz CT molecular complexity index is 299. The molecule has 0 bridgehead atoms. The van der Waals surface area contributed by atoms with Gasteiger partial charge in [-0.15, -0.1) is 0 Å². The minimum atomic E-state index is 0.0198. The number of hydrogen-bond acceptors (Lipinski definition) is 3. The molecular formula is C7H11N5. The molecule has 1 aromatic heterocycles. The summed E-state index contributed by atoms with van der Waals surface area (Å²) < 4.78 is 1.68. The van der Waals surface area contributed by atoms with Crippen LogP contribution in [0.15, 0.2) is 24.7 Å². The zero-order valence-corrected chi connectivity index (χ0v) is 6.78. The SMILES string of the molecule is Cn1cc(N/C=C\C(=N)N)cn1. The van der Waals surface area contributed by atoms with Gasteiger partial charge in [0.25, 0.3) is 0 Å². The van der Waals surface area contributed by atoms with Crippen molar-refractivity contribution in [1.82, 2.24) is 9.78 Å². The largest absolute Gasteiger partial charge is 0.384 e. The number of nitrogens with two attached hydrogens (primary N) is 1. The molecule has 0 spiro atoms. The molecule has 0 unspecified atom stereocenters. The number of rotatable bonds is 3. The smallest absolute Gasteiger partial charge is 0.116 e. The molecule has 1 heterocycles. The van der Waals surface area contributed by atoms with Crippen molar-refractivity contribution in [2.24, 2.45) is 12.8 Å². The van der Waals surface area contributed by atoms with E-state index in [0.717, 1.165) is 5.69 Å². The summed E-state index contributed by atoms with van der Waals surface area (Å²) >= 11 is 0. The van der Waals surface area contributed by atoms with Crippen molar-refractivity contribution in [3.05, 3.63) is 24.7 Å². The molecule has 0 radical (unpaired) electrons. The van der Waals surface area contributed by atoms with Gasteiger partial charge in [-0.1, -0.05) is 0 Å². The van der Waals surface area contributed by atoms with E-state index in [-0.39, 0.29) is 5.84 Å². The van der Waals surface area contributed by atoms with Crippen LogP contribution in [0.5, 0.6) is 0 Å². The van der Waals surface area contributed by atoms with Crippen molar-refractivity contribution in [1.29, 1.82) is 5.41 Å². The maximum Gasteiger partial charge on any atom is 0.116 e. The van der Waals surface area contributed by atoms with Crippen LogP contribution in [0.1, 0.15) is 0 Å². The van der Waals surface area contributed by atoms with Crippen molar-refractivity contribution in [3.8, 4) is 0 Å². The van der Waals surface area contributed by atoms with E-state index in [1.165, 1.54) is 6.08 Å². The van der Waals surface area contributed by atoms with E-state index >= 15 is 0 Å². The average Bonchev–Trinajstić information content (AvgIpc) is 2.35. The van der Waals surface area contributed by atoms with E-state index in [1.807, 2.05) is 13.2 Å². The number of anilines is 1. The minimum Gasteiger partial charge on any atom is -0.384 e. The van der Waals surface area contributed by atoms with Crippen LogP contribution in [0.3, 0.4) is 0 Å². The lowest BCUT2D eigenvalue weighted by Crippen LogP contribution is -2.05. The van der Waals surface area contributed by atoms with Crippen LogP contribution in [0.2, 0.25) is 0 Å². The number of hydrogen-bond donors (Lipinski definition) is 3. The average molecular weight is 165 g/mol. The van der Waals surface area contributed by atoms with Gasteiger partial charge in [-0.2, -0.15) is 5.10 Å². The Morgan fingerprint density at radius 3 is 3.08 bits per heavy atom. The predicted octanol–water partition coefficient (Wildman–Crippen LogP) is 0.282. The van der Waals surface area contributed by atoms with E-state index in [9.17, 15) is 0 Å². The second kappa shape index (κ2) is 3.56. The van der Waals surface area contributed by atoms with Crippen molar-refractivity contribution < 1.29 is 0 Å². The molecule has 64 valence electrons. The Balaban J connectivity index is 2.48. The molecule has 0 aliphatic heterocycles. The molecule has 0 saturated carbocycles. The maximum absolute atomic E-state index is 6.90. The van der Waals surface area contributed by atoms with Gasteiger partial charge in [0.1, 0.15) is 5.84 Å². The number of nitrogens with zero attached hydrogens (tertiary/aromatic N) is 2. The summed E-state index contributed by atoms with van der Waals surface area (Å²) in [6, 6.07) is 0. The van der Waals surface area contributed by atoms with Crippen LogP contribution in [0, 0.1) is 5.41 Å². The standard InChI is InChI=1S/C7H11N5/c1-12-5-6(4-11-12)10-3-2-7(8)9/h2-5,10H,1H3,(H3,8,9)/b3-2-. The van der Waals surface area contributed by atoms with Crippen LogP contribution < -0.4 is 11.1 Å². The highest BCUT2D eigenvalue weighted by molar-refractivity contribution is 5.88. The van der Waals surface area contributed by atoms with Gasteiger partial charge in [-0.05, 0) is 6.08 Å². The maximum atomic E-state index is 6.90. The van der Waals surface area contributed by atoms with E-state index in [4.69, 9.17) is 11.1 Å². The summed E-state index contributed by atoms with van der Waals surface area (Å²) in [7, 11) is 1.83. The van der Waals surface area contributed by atoms with Gasteiger partial charge in [0.05, 0.1) is 11.9 Å². The Hall–Kier alpha value is -1.78. The van der Waals surface area contributed by atoms with E-state index < -0.39 is 0 Å². The van der Waals surface area contributed by atoms with Crippen molar-refractivity contribution in [3.63, 3.8) is 0 Å². The lowest BCUT2D eigenvalue weighted by Gasteiger charge is -1.92. The number of amidine groups is 1. The minimum absolute atomic E-state index is 0.0198. The lowest BCUT2D eigenvalue weighted by molar-refractivity contribution is 0.768. The third-order valence-electron chi connectivity index (χ3n) is 1.22. The van der Waals surface area contributed by atoms with Crippen LogP contribution >= 0.6 is 0 Å². The van der Waals surface area contributed by atoms with Gasteiger partial charge >= 0.3 is 0 Å². The first-order valence-electron chi connectivity index (χ1n) is 3.44. The van der Waals surface area contributed by atoms with Gasteiger partial charge in [0.15, 0.2) is 0 Å². The van der Waals surface area contributed by atoms with Gasteiger partial charge in [0.2, 0.25) is 0 Å². The molecule has 0 aliphatic rings. The summed E-state index contributed by atoms with van der Waals surface area (Å²) in [6.07, 6.45) is 6.57.